The molecule has 1 aromatic heterocycles. The first-order chi connectivity index (χ1) is 5.66. The molecule has 1 aromatic rings. The van der Waals surface area contributed by atoms with E-state index in [0.29, 0.717) is 5.02 Å². The lowest BCUT2D eigenvalue weighted by atomic mass is 10.2. The lowest BCUT2D eigenvalue weighted by Crippen LogP contribution is -2.13. The predicted molar refractivity (Wildman–Crippen MR) is 50.1 cm³/mol. The van der Waals surface area contributed by atoms with Gasteiger partial charge < -0.3 is 5.73 Å². The maximum absolute atomic E-state index is 5.91. The Morgan fingerprint density at radius 3 is 2.92 bits per heavy atom. The van der Waals surface area contributed by atoms with Crippen molar-refractivity contribution < 1.29 is 0 Å². The van der Waals surface area contributed by atoms with Crippen LogP contribution >= 0.6 is 11.6 Å². The van der Waals surface area contributed by atoms with Crippen molar-refractivity contribution in [3.05, 3.63) is 16.9 Å². The van der Waals surface area contributed by atoms with Crippen LogP contribution in [0.5, 0.6) is 0 Å². The second kappa shape index (κ2) is 3.92. The normalized spacial score (nSPS) is 13.3. The van der Waals surface area contributed by atoms with Gasteiger partial charge in [0.05, 0.1) is 16.9 Å². The van der Waals surface area contributed by atoms with Crippen LogP contribution in [-0.2, 0) is 6.54 Å². The molecular weight excluding hydrogens is 174 g/mol. The molecule has 2 N–H and O–H groups in total. The first-order valence-corrected chi connectivity index (χ1v) is 4.51. The third-order valence-electron chi connectivity index (χ3n) is 1.70. The molecule has 4 heteroatoms. The molecule has 68 valence electrons. The predicted octanol–water partition coefficient (Wildman–Crippen LogP) is 1.97. The molecule has 0 spiro atoms. The Morgan fingerprint density at radius 1 is 1.75 bits per heavy atom. The van der Waals surface area contributed by atoms with E-state index in [4.69, 9.17) is 17.3 Å². The molecule has 0 aromatic carbocycles. The second-order valence-corrected chi connectivity index (χ2v) is 3.30. The van der Waals surface area contributed by atoms with Gasteiger partial charge in [-0.2, -0.15) is 5.10 Å². The summed E-state index contributed by atoms with van der Waals surface area (Å²) in [5.74, 6) is 0. The van der Waals surface area contributed by atoms with E-state index in [9.17, 15) is 0 Å². The fourth-order valence-electron chi connectivity index (χ4n) is 1.21. The summed E-state index contributed by atoms with van der Waals surface area (Å²) < 4.78 is 1.87. The van der Waals surface area contributed by atoms with Crippen LogP contribution in [0.1, 0.15) is 32.0 Å². The molecule has 0 saturated heterocycles. The summed E-state index contributed by atoms with van der Waals surface area (Å²) in [6.07, 6.45) is 2.69. The van der Waals surface area contributed by atoms with E-state index in [1.165, 1.54) is 0 Å². The summed E-state index contributed by atoms with van der Waals surface area (Å²) >= 11 is 5.91. The molecule has 3 nitrogen and oxygen atoms in total. The summed E-state index contributed by atoms with van der Waals surface area (Å²) in [7, 11) is 0. The first-order valence-electron chi connectivity index (χ1n) is 4.13. The Kier molecular flexibility index (Phi) is 3.12. The fraction of sp³-hybridized carbons (Fsp3) is 0.625. The van der Waals surface area contributed by atoms with E-state index in [-0.39, 0.29) is 6.04 Å². The van der Waals surface area contributed by atoms with E-state index < -0.39 is 0 Å². The molecule has 0 fully saturated rings. The summed E-state index contributed by atoms with van der Waals surface area (Å²) in [4.78, 5) is 0. The summed E-state index contributed by atoms with van der Waals surface area (Å²) in [6.45, 7) is 4.89. The smallest absolute Gasteiger partial charge is 0.0833 e. The standard InChI is InChI=1S/C8H14ClN3/c1-3-4-12-8(6(2)10)7(9)5-11-12/h5-6H,3-4,10H2,1-2H3. The van der Waals surface area contributed by atoms with E-state index in [1.54, 1.807) is 6.20 Å². The molecule has 1 atom stereocenters. The Bertz CT molecular complexity index is 255. The molecule has 1 heterocycles. The van der Waals surface area contributed by atoms with Crippen LogP contribution in [0.3, 0.4) is 0 Å². The zero-order chi connectivity index (χ0) is 9.14. The number of aromatic nitrogens is 2. The Labute approximate surface area is 77.5 Å². The topological polar surface area (TPSA) is 43.8 Å². The van der Waals surface area contributed by atoms with Gasteiger partial charge in [-0.3, -0.25) is 4.68 Å². The Morgan fingerprint density at radius 2 is 2.42 bits per heavy atom. The van der Waals surface area contributed by atoms with Crippen LogP contribution in [0.15, 0.2) is 6.20 Å². The highest BCUT2D eigenvalue weighted by Crippen LogP contribution is 2.20. The quantitative estimate of drug-likeness (QED) is 0.787. The van der Waals surface area contributed by atoms with Gasteiger partial charge in [0, 0.05) is 12.6 Å². The van der Waals surface area contributed by atoms with Crippen molar-refractivity contribution in [3.8, 4) is 0 Å². The van der Waals surface area contributed by atoms with Crippen LogP contribution in [-0.4, -0.2) is 9.78 Å². The van der Waals surface area contributed by atoms with Gasteiger partial charge in [0.15, 0.2) is 0 Å². The van der Waals surface area contributed by atoms with Gasteiger partial charge in [-0.15, -0.1) is 0 Å². The molecule has 0 bridgehead atoms. The molecule has 0 saturated carbocycles. The minimum absolute atomic E-state index is 0.0495. The highest BCUT2D eigenvalue weighted by molar-refractivity contribution is 6.31. The zero-order valence-corrected chi connectivity index (χ0v) is 8.17. The minimum Gasteiger partial charge on any atom is -0.323 e. The van der Waals surface area contributed by atoms with E-state index >= 15 is 0 Å². The van der Waals surface area contributed by atoms with E-state index in [2.05, 4.69) is 12.0 Å². The molecule has 12 heavy (non-hydrogen) atoms. The number of rotatable bonds is 3. The summed E-state index contributed by atoms with van der Waals surface area (Å²) in [5.41, 5.74) is 6.67. The van der Waals surface area contributed by atoms with Gasteiger partial charge in [0.1, 0.15) is 0 Å². The first kappa shape index (κ1) is 9.55. The van der Waals surface area contributed by atoms with Gasteiger partial charge in [0.2, 0.25) is 0 Å². The average Bonchev–Trinajstić information content (AvgIpc) is 2.32. The Hall–Kier alpha value is -0.540. The lowest BCUT2D eigenvalue weighted by Gasteiger charge is -2.09. The average molecular weight is 188 g/mol. The highest BCUT2D eigenvalue weighted by Gasteiger charge is 2.11. The van der Waals surface area contributed by atoms with Crippen molar-refractivity contribution in [3.63, 3.8) is 0 Å². The second-order valence-electron chi connectivity index (χ2n) is 2.89. The van der Waals surface area contributed by atoms with Crippen molar-refractivity contribution in [2.75, 3.05) is 0 Å². The fourth-order valence-corrected chi connectivity index (χ4v) is 1.53. The number of nitrogens with zero attached hydrogens (tertiary/aromatic N) is 2. The SMILES string of the molecule is CCCn1ncc(Cl)c1C(C)N. The monoisotopic (exact) mass is 187 g/mol. The number of aryl methyl sites for hydroxylation is 1. The van der Waals surface area contributed by atoms with Crippen LogP contribution in [0, 0.1) is 0 Å². The van der Waals surface area contributed by atoms with Gasteiger partial charge in [0.25, 0.3) is 0 Å². The summed E-state index contributed by atoms with van der Waals surface area (Å²) in [6, 6.07) is -0.0495. The maximum Gasteiger partial charge on any atom is 0.0833 e. The van der Waals surface area contributed by atoms with Crippen LogP contribution in [0.2, 0.25) is 5.02 Å². The van der Waals surface area contributed by atoms with Crippen molar-refractivity contribution in [2.24, 2.45) is 5.73 Å². The number of hydrogen-bond donors (Lipinski definition) is 1. The summed E-state index contributed by atoms with van der Waals surface area (Å²) in [5, 5.41) is 4.80. The molecule has 0 aliphatic rings. The molecule has 0 aliphatic carbocycles. The molecular formula is C8H14ClN3. The van der Waals surface area contributed by atoms with Crippen LogP contribution in [0.4, 0.5) is 0 Å². The van der Waals surface area contributed by atoms with Crippen molar-refractivity contribution in [2.45, 2.75) is 32.9 Å². The minimum atomic E-state index is -0.0495. The molecule has 0 aliphatic heterocycles. The van der Waals surface area contributed by atoms with Crippen molar-refractivity contribution >= 4 is 11.6 Å². The van der Waals surface area contributed by atoms with E-state index in [1.807, 2.05) is 11.6 Å². The zero-order valence-electron chi connectivity index (χ0n) is 7.42. The maximum atomic E-state index is 5.91. The number of hydrogen-bond acceptors (Lipinski definition) is 2. The largest absolute Gasteiger partial charge is 0.323 e. The van der Waals surface area contributed by atoms with E-state index in [0.717, 1.165) is 18.7 Å². The van der Waals surface area contributed by atoms with Gasteiger partial charge >= 0.3 is 0 Å². The molecule has 0 amide bonds. The third-order valence-corrected chi connectivity index (χ3v) is 1.99. The van der Waals surface area contributed by atoms with Crippen LogP contribution in [0.25, 0.3) is 0 Å². The molecule has 0 radical (unpaired) electrons. The highest BCUT2D eigenvalue weighted by atomic mass is 35.5. The third kappa shape index (κ3) is 1.79. The van der Waals surface area contributed by atoms with Crippen molar-refractivity contribution in [1.29, 1.82) is 0 Å². The molecule has 1 rings (SSSR count). The van der Waals surface area contributed by atoms with Crippen molar-refractivity contribution in [1.82, 2.24) is 9.78 Å². The van der Waals surface area contributed by atoms with Gasteiger partial charge in [-0.25, -0.2) is 0 Å². The number of nitrogens with two attached hydrogens (primary N) is 1. The van der Waals surface area contributed by atoms with Gasteiger partial charge in [-0.1, -0.05) is 18.5 Å². The molecule has 1 unspecified atom stereocenters. The van der Waals surface area contributed by atoms with Gasteiger partial charge in [-0.05, 0) is 13.3 Å². The lowest BCUT2D eigenvalue weighted by molar-refractivity contribution is 0.552. The number of halogens is 1. The Balaban J connectivity index is 2.95. The van der Waals surface area contributed by atoms with Crippen LogP contribution < -0.4 is 5.73 Å².